The summed E-state index contributed by atoms with van der Waals surface area (Å²) in [4.78, 5) is 13.5. The number of hydrogen-bond donors (Lipinski definition) is 1. The molecule has 1 heterocycles. The smallest absolute Gasteiger partial charge is 0.248 e. The number of ether oxygens (including phenoxy) is 1. The summed E-state index contributed by atoms with van der Waals surface area (Å²) in [5.41, 5.74) is 0.367. The van der Waals surface area contributed by atoms with Crippen molar-refractivity contribution < 1.29 is 19.0 Å². The molecule has 0 radical (unpaired) electrons. The number of morpholine rings is 1. The number of carbonyl (C=O) groups is 1. The van der Waals surface area contributed by atoms with Gasteiger partial charge in [0.2, 0.25) is 5.91 Å². The predicted octanol–water partition coefficient (Wildman–Crippen LogP) is 1.33. The fourth-order valence-electron chi connectivity index (χ4n) is 2.21. The molecule has 4 nitrogen and oxygen atoms in total. The molecule has 0 spiro atoms. The Kier molecular flexibility index (Phi) is 4.17. The fourth-order valence-corrected chi connectivity index (χ4v) is 2.21. The number of halogens is 1. The second-order valence-electron chi connectivity index (χ2n) is 5.09. The van der Waals surface area contributed by atoms with Crippen molar-refractivity contribution >= 4 is 5.91 Å². The lowest BCUT2D eigenvalue weighted by Crippen LogP contribution is -2.53. The van der Waals surface area contributed by atoms with Crippen LogP contribution in [0.2, 0.25) is 0 Å². The molecule has 1 aromatic rings. The Hall–Kier alpha value is -1.46. The average molecular weight is 267 g/mol. The SMILES string of the molecule is CC1(CCO)CN(Cc2ccc(F)cc2)C(=O)CO1. The van der Waals surface area contributed by atoms with Gasteiger partial charge in [-0.25, -0.2) is 4.39 Å². The van der Waals surface area contributed by atoms with Gasteiger partial charge in [-0.2, -0.15) is 0 Å². The van der Waals surface area contributed by atoms with E-state index < -0.39 is 5.60 Å². The summed E-state index contributed by atoms with van der Waals surface area (Å²) >= 11 is 0. The largest absolute Gasteiger partial charge is 0.396 e. The lowest BCUT2D eigenvalue weighted by atomic mass is 9.99. The van der Waals surface area contributed by atoms with Crippen molar-refractivity contribution in [2.75, 3.05) is 19.8 Å². The normalized spacial score (nSPS) is 23.7. The molecule has 1 saturated heterocycles. The zero-order chi connectivity index (χ0) is 13.9. The van der Waals surface area contributed by atoms with E-state index in [1.165, 1.54) is 12.1 Å². The van der Waals surface area contributed by atoms with E-state index in [1.807, 2.05) is 6.92 Å². The molecular weight excluding hydrogens is 249 g/mol. The van der Waals surface area contributed by atoms with Crippen molar-refractivity contribution in [3.05, 3.63) is 35.6 Å². The minimum Gasteiger partial charge on any atom is -0.396 e. The van der Waals surface area contributed by atoms with Crippen LogP contribution in [0.25, 0.3) is 0 Å². The molecule has 0 saturated carbocycles. The topological polar surface area (TPSA) is 49.8 Å². The summed E-state index contributed by atoms with van der Waals surface area (Å²) < 4.78 is 18.3. The zero-order valence-electron chi connectivity index (χ0n) is 10.9. The van der Waals surface area contributed by atoms with Gasteiger partial charge in [0.05, 0.1) is 5.60 Å². The molecule has 0 bridgehead atoms. The third kappa shape index (κ3) is 3.52. The molecule has 1 fully saturated rings. The van der Waals surface area contributed by atoms with Crippen molar-refractivity contribution in [3.63, 3.8) is 0 Å². The fraction of sp³-hybridized carbons (Fsp3) is 0.500. The van der Waals surface area contributed by atoms with Gasteiger partial charge in [-0.3, -0.25) is 4.79 Å². The zero-order valence-corrected chi connectivity index (χ0v) is 10.9. The highest BCUT2D eigenvalue weighted by molar-refractivity contribution is 5.78. The number of aliphatic hydroxyl groups is 1. The number of nitrogens with zero attached hydrogens (tertiary/aromatic N) is 1. The quantitative estimate of drug-likeness (QED) is 0.895. The Morgan fingerprint density at radius 3 is 2.74 bits per heavy atom. The van der Waals surface area contributed by atoms with Crippen LogP contribution in [0.5, 0.6) is 0 Å². The van der Waals surface area contributed by atoms with Crippen LogP contribution in [-0.4, -0.2) is 41.3 Å². The Bertz CT molecular complexity index is 449. The van der Waals surface area contributed by atoms with E-state index in [0.29, 0.717) is 19.5 Å². The number of aliphatic hydroxyl groups excluding tert-OH is 1. The van der Waals surface area contributed by atoms with Gasteiger partial charge in [-0.15, -0.1) is 0 Å². The maximum Gasteiger partial charge on any atom is 0.248 e. The first-order valence-electron chi connectivity index (χ1n) is 6.29. The van der Waals surface area contributed by atoms with E-state index in [9.17, 15) is 9.18 Å². The van der Waals surface area contributed by atoms with Crippen LogP contribution in [-0.2, 0) is 16.1 Å². The van der Waals surface area contributed by atoms with E-state index in [-0.39, 0.29) is 24.9 Å². The number of amides is 1. The average Bonchev–Trinajstić information content (AvgIpc) is 2.37. The van der Waals surface area contributed by atoms with Crippen LogP contribution in [0.15, 0.2) is 24.3 Å². The van der Waals surface area contributed by atoms with Gasteiger partial charge in [-0.05, 0) is 24.6 Å². The Morgan fingerprint density at radius 1 is 1.42 bits per heavy atom. The molecule has 1 amide bonds. The molecule has 19 heavy (non-hydrogen) atoms. The lowest BCUT2D eigenvalue weighted by Gasteiger charge is -2.40. The van der Waals surface area contributed by atoms with E-state index in [4.69, 9.17) is 9.84 Å². The van der Waals surface area contributed by atoms with Crippen LogP contribution in [0.3, 0.4) is 0 Å². The van der Waals surface area contributed by atoms with Gasteiger partial charge in [0.25, 0.3) is 0 Å². The molecule has 1 aromatic carbocycles. The van der Waals surface area contributed by atoms with Gasteiger partial charge < -0.3 is 14.7 Å². The van der Waals surface area contributed by atoms with Crippen LogP contribution >= 0.6 is 0 Å². The van der Waals surface area contributed by atoms with Gasteiger partial charge in [-0.1, -0.05) is 12.1 Å². The Balaban J connectivity index is 2.05. The summed E-state index contributed by atoms with van der Waals surface area (Å²) in [5, 5.41) is 9.03. The van der Waals surface area contributed by atoms with Crippen LogP contribution in [0.4, 0.5) is 4.39 Å². The van der Waals surface area contributed by atoms with Crippen molar-refractivity contribution in [2.24, 2.45) is 0 Å². The molecule has 1 aliphatic heterocycles. The molecule has 104 valence electrons. The first-order valence-corrected chi connectivity index (χ1v) is 6.29. The molecule has 1 atom stereocenters. The molecule has 5 heteroatoms. The first-order chi connectivity index (χ1) is 9.02. The minimum atomic E-state index is -0.511. The van der Waals surface area contributed by atoms with Crippen molar-refractivity contribution in [1.82, 2.24) is 4.90 Å². The third-order valence-corrected chi connectivity index (χ3v) is 3.35. The van der Waals surface area contributed by atoms with E-state index in [0.717, 1.165) is 5.56 Å². The predicted molar refractivity (Wildman–Crippen MR) is 67.9 cm³/mol. The van der Waals surface area contributed by atoms with Gasteiger partial charge in [0.1, 0.15) is 12.4 Å². The van der Waals surface area contributed by atoms with E-state index in [2.05, 4.69) is 0 Å². The second kappa shape index (κ2) is 5.67. The summed E-state index contributed by atoms with van der Waals surface area (Å²) in [6.07, 6.45) is 0.486. The summed E-state index contributed by atoms with van der Waals surface area (Å²) in [5.74, 6) is -0.373. The number of hydrogen-bond acceptors (Lipinski definition) is 3. The van der Waals surface area contributed by atoms with Crippen molar-refractivity contribution in [1.29, 1.82) is 0 Å². The monoisotopic (exact) mass is 267 g/mol. The first kappa shape index (κ1) is 14.0. The Labute approximate surface area is 111 Å². The summed E-state index contributed by atoms with van der Waals surface area (Å²) in [7, 11) is 0. The van der Waals surface area contributed by atoms with Gasteiger partial charge >= 0.3 is 0 Å². The van der Waals surface area contributed by atoms with Crippen molar-refractivity contribution in [2.45, 2.75) is 25.5 Å². The van der Waals surface area contributed by atoms with E-state index in [1.54, 1.807) is 17.0 Å². The number of benzene rings is 1. The summed E-state index contributed by atoms with van der Waals surface area (Å²) in [6.45, 7) is 2.80. The highest BCUT2D eigenvalue weighted by Crippen LogP contribution is 2.23. The van der Waals surface area contributed by atoms with Gasteiger partial charge in [0, 0.05) is 26.1 Å². The molecule has 1 aliphatic rings. The molecule has 2 rings (SSSR count). The lowest BCUT2D eigenvalue weighted by molar-refractivity contribution is -0.164. The minimum absolute atomic E-state index is 0.0229. The Morgan fingerprint density at radius 2 is 2.11 bits per heavy atom. The molecular formula is C14H18FNO3. The highest BCUT2D eigenvalue weighted by atomic mass is 19.1. The highest BCUT2D eigenvalue weighted by Gasteiger charge is 2.35. The standard InChI is InChI=1S/C14H18FNO3/c1-14(6-7-17)10-16(13(18)9-19-14)8-11-2-4-12(15)5-3-11/h2-5,17H,6-10H2,1H3. The van der Waals surface area contributed by atoms with Crippen molar-refractivity contribution in [3.8, 4) is 0 Å². The third-order valence-electron chi connectivity index (χ3n) is 3.35. The second-order valence-corrected chi connectivity index (χ2v) is 5.09. The van der Waals surface area contributed by atoms with Gasteiger partial charge in [0.15, 0.2) is 0 Å². The van der Waals surface area contributed by atoms with Crippen LogP contribution in [0.1, 0.15) is 18.9 Å². The molecule has 0 aliphatic carbocycles. The molecule has 1 N–H and O–H groups in total. The maximum atomic E-state index is 12.8. The summed E-state index contributed by atoms with van der Waals surface area (Å²) in [6, 6.07) is 6.10. The number of carbonyl (C=O) groups excluding carboxylic acids is 1. The molecule has 1 unspecified atom stereocenters. The number of rotatable bonds is 4. The maximum absolute atomic E-state index is 12.8. The van der Waals surface area contributed by atoms with Crippen LogP contribution in [0, 0.1) is 5.82 Å². The van der Waals surface area contributed by atoms with Crippen LogP contribution < -0.4 is 0 Å². The van der Waals surface area contributed by atoms with E-state index >= 15 is 0 Å². The molecule has 0 aromatic heterocycles.